The highest BCUT2D eigenvalue weighted by molar-refractivity contribution is 7.89. The van der Waals surface area contributed by atoms with E-state index in [1.54, 1.807) is 12.1 Å². The van der Waals surface area contributed by atoms with Crippen LogP contribution < -0.4 is 15.5 Å². The molecule has 0 bridgehead atoms. The van der Waals surface area contributed by atoms with Crippen molar-refractivity contribution >= 4 is 38.7 Å². The van der Waals surface area contributed by atoms with Crippen LogP contribution >= 0.6 is 12.2 Å². The van der Waals surface area contributed by atoms with Gasteiger partial charge in [0.05, 0.1) is 29.5 Å². The average Bonchev–Trinajstić information content (AvgIpc) is 2.62. The van der Waals surface area contributed by atoms with Crippen molar-refractivity contribution in [1.29, 1.82) is 0 Å². The van der Waals surface area contributed by atoms with Crippen LogP contribution in [0.3, 0.4) is 0 Å². The van der Waals surface area contributed by atoms with Gasteiger partial charge in [0.2, 0.25) is 10.0 Å². The Morgan fingerprint density at radius 2 is 1.89 bits per heavy atom. The van der Waals surface area contributed by atoms with Gasteiger partial charge in [-0.25, -0.2) is 8.42 Å². The van der Waals surface area contributed by atoms with Gasteiger partial charge < -0.3 is 20.3 Å². The molecule has 27 heavy (non-hydrogen) atoms. The first-order valence-electron chi connectivity index (χ1n) is 9.34. The molecule has 1 fully saturated rings. The van der Waals surface area contributed by atoms with Gasteiger partial charge >= 0.3 is 0 Å². The zero-order chi connectivity index (χ0) is 20.0. The van der Waals surface area contributed by atoms with Crippen molar-refractivity contribution in [3.8, 4) is 0 Å². The summed E-state index contributed by atoms with van der Waals surface area (Å²) in [6.45, 7) is 11.3. The highest BCUT2D eigenvalue weighted by atomic mass is 32.2. The second kappa shape index (κ2) is 9.68. The van der Waals surface area contributed by atoms with Gasteiger partial charge in [-0.3, -0.25) is 0 Å². The molecule has 1 heterocycles. The highest BCUT2D eigenvalue weighted by Crippen LogP contribution is 2.31. The molecule has 0 atom stereocenters. The summed E-state index contributed by atoms with van der Waals surface area (Å²) in [6.07, 6.45) is 0. The Hall–Kier alpha value is -1.42. The lowest BCUT2D eigenvalue weighted by Gasteiger charge is -2.31. The van der Waals surface area contributed by atoms with Crippen molar-refractivity contribution in [2.24, 2.45) is 0 Å². The molecule has 0 amide bonds. The Morgan fingerprint density at radius 3 is 2.44 bits per heavy atom. The predicted octanol–water partition coefficient (Wildman–Crippen LogP) is 2.25. The fraction of sp³-hybridized carbons (Fsp3) is 0.611. The second-order valence-corrected chi connectivity index (χ2v) is 8.97. The van der Waals surface area contributed by atoms with Gasteiger partial charge in [0.15, 0.2) is 5.11 Å². The molecule has 0 radical (unpaired) electrons. The predicted molar refractivity (Wildman–Crippen MR) is 114 cm³/mol. The minimum atomic E-state index is -3.54. The number of hydrogen-bond donors (Lipinski definition) is 2. The number of nitrogens with zero attached hydrogens (tertiary/aromatic N) is 2. The van der Waals surface area contributed by atoms with Crippen LogP contribution in [0.5, 0.6) is 0 Å². The smallest absolute Gasteiger partial charge is 0.243 e. The van der Waals surface area contributed by atoms with Crippen molar-refractivity contribution < 1.29 is 13.2 Å². The monoisotopic (exact) mass is 414 g/mol. The Bertz CT molecular complexity index is 743. The third kappa shape index (κ3) is 5.54. The van der Waals surface area contributed by atoms with E-state index in [1.807, 2.05) is 33.8 Å². The quantitative estimate of drug-likeness (QED) is 0.663. The molecule has 1 aliphatic rings. The van der Waals surface area contributed by atoms with E-state index in [1.165, 1.54) is 4.31 Å². The standard InChI is InChI=1S/C18H30N4O3S2/c1-5-22(6-2)27(23,24)15-7-8-17(21-9-11-25-12-10-21)16(13-15)20-18(26)19-14(3)4/h7-8,13-14H,5-6,9-12H2,1-4H3,(H2,19,20,26). The molecule has 1 aliphatic heterocycles. The van der Waals surface area contributed by atoms with Gasteiger partial charge in [-0.05, 0) is 44.3 Å². The third-order valence-corrected chi connectivity index (χ3v) is 6.60. The van der Waals surface area contributed by atoms with Gasteiger partial charge in [-0.2, -0.15) is 4.31 Å². The Kier molecular flexibility index (Phi) is 7.84. The maximum Gasteiger partial charge on any atom is 0.243 e. The molecular weight excluding hydrogens is 384 g/mol. The molecule has 1 aromatic carbocycles. The van der Waals surface area contributed by atoms with Crippen molar-refractivity contribution in [3.05, 3.63) is 18.2 Å². The van der Waals surface area contributed by atoms with Crippen LogP contribution in [0.1, 0.15) is 27.7 Å². The first-order chi connectivity index (χ1) is 12.8. The summed E-state index contributed by atoms with van der Waals surface area (Å²) in [5.74, 6) is 0. The van der Waals surface area contributed by atoms with Crippen molar-refractivity contribution in [3.63, 3.8) is 0 Å². The van der Waals surface area contributed by atoms with Gasteiger partial charge in [0.25, 0.3) is 0 Å². The number of ether oxygens (including phenoxy) is 1. The molecule has 0 aromatic heterocycles. The van der Waals surface area contributed by atoms with Crippen molar-refractivity contribution in [2.45, 2.75) is 38.6 Å². The van der Waals surface area contributed by atoms with Crippen LogP contribution in [0.2, 0.25) is 0 Å². The fourth-order valence-electron chi connectivity index (χ4n) is 2.99. The number of hydrogen-bond acceptors (Lipinski definition) is 5. The molecule has 0 aliphatic carbocycles. The lowest BCUT2D eigenvalue weighted by Crippen LogP contribution is -2.38. The molecule has 1 aromatic rings. The Labute approximate surface area is 168 Å². The zero-order valence-corrected chi connectivity index (χ0v) is 18.1. The summed E-state index contributed by atoms with van der Waals surface area (Å²) in [7, 11) is -3.54. The molecule has 2 N–H and O–H groups in total. The van der Waals surface area contributed by atoms with E-state index in [9.17, 15) is 8.42 Å². The van der Waals surface area contributed by atoms with E-state index in [2.05, 4.69) is 15.5 Å². The van der Waals surface area contributed by atoms with E-state index < -0.39 is 10.0 Å². The summed E-state index contributed by atoms with van der Waals surface area (Å²) in [4.78, 5) is 2.44. The number of anilines is 2. The fourth-order valence-corrected chi connectivity index (χ4v) is 4.82. The summed E-state index contributed by atoms with van der Waals surface area (Å²) in [5, 5.41) is 6.79. The Balaban J connectivity index is 2.41. The topological polar surface area (TPSA) is 73.9 Å². The van der Waals surface area contributed by atoms with Crippen molar-refractivity contribution in [2.75, 3.05) is 49.6 Å². The summed E-state index contributed by atoms with van der Waals surface area (Å²) in [5.41, 5.74) is 1.60. The maximum atomic E-state index is 12.9. The molecule has 1 saturated heterocycles. The molecule has 2 rings (SSSR count). The maximum absolute atomic E-state index is 12.9. The number of thiocarbonyl (C=S) groups is 1. The first-order valence-corrected chi connectivity index (χ1v) is 11.2. The molecular formula is C18H30N4O3S2. The highest BCUT2D eigenvalue weighted by Gasteiger charge is 2.24. The zero-order valence-electron chi connectivity index (χ0n) is 16.5. The van der Waals surface area contributed by atoms with Crippen LogP contribution in [-0.2, 0) is 14.8 Å². The number of morpholine rings is 1. The minimum absolute atomic E-state index is 0.180. The van der Waals surface area contributed by atoms with E-state index in [0.29, 0.717) is 37.1 Å². The van der Waals surface area contributed by atoms with Crippen LogP contribution in [0.25, 0.3) is 0 Å². The largest absolute Gasteiger partial charge is 0.378 e. The number of rotatable bonds is 7. The molecule has 152 valence electrons. The van der Waals surface area contributed by atoms with Crippen molar-refractivity contribution in [1.82, 2.24) is 9.62 Å². The number of benzene rings is 1. The molecule has 0 spiro atoms. The summed E-state index contributed by atoms with van der Waals surface area (Å²) in [6, 6.07) is 5.37. The van der Waals surface area contributed by atoms with Crippen LogP contribution in [0.4, 0.5) is 11.4 Å². The summed E-state index contributed by atoms with van der Waals surface area (Å²) >= 11 is 5.38. The van der Waals surface area contributed by atoms with Gasteiger partial charge in [0.1, 0.15) is 0 Å². The van der Waals surface area contributed by atoms with Gasteiger partial charge in [-0.15, -0.1) is 0 Å². The molecule has 0 saturated carbocycles. The second-order valence-electron chi connectivity index (χ2n) is 6.62. The number of sulfonamides is 1. The molecule has 0 unspecified atom stereocenters. The van der Waals surface area contributed by atoms with Gasteiger partial charge in [0, 0.05) is 32.2 Å². The van der Waals surface area contributed by atoms with Gasteiger partial charge in [-0.1, -0.05) is 13.8 Å². The lowest BCUT2D eigenvalue weighted by molar-refractivity contribution is 0.123. The van der Waals surface area contributed by atoms with E-state index in [-0.39, 0.29) is 10.9 Å². The average molecular weight is 415 g/mol. The van der Waals surface area contributed by atoms with Crippen LogP contribution in [-0.4, -0.2) is 63.3 Å². The molecule has 7 nitrogen and oxygen atoms in total. The third-order valence-electron chi connectivity index (χ3n) is 4.33. The number of nitrogens with one attached hydrogen (secondary N) is 2. The van der Waals surface area contributed by atoms with Crippen LogP contribution in [0, 0.1) is 0 Å². The normalized spacial score (nSPS) is 15.3. The lowest BCUT2D eigenvalue weighted by atomic mass is 10.2. The van der Waals surface area contributed by atoms with E-state index >= 15 is 0 Å². The summed E-state index contributed by atoms with van der Waals surface area (Å²) < 4.78 is 32.7. The first kappa shape index (κ1) is 21.9. The Morgan fingerprint density at radius 1 is 1.26 bits per heavy atom. The minimum Gasteiger partial charge on any atom is -0.378 e. The van der Waals surface area contributed by atoms with E-state index in [4.69, 9.17) is 17.0 Å². The van der Waals surface area contributed by atoms with E-state index in [0.717, 1.165) is 18.8 Å². The molecule has 9 heteroatoms. The SMILES string of the molecule is CCN(CC)S(=O)(=O)c1ccc(N2CCOCC2)c(NC(=S)NC(C)C)c1. The van der Waals surface area contributed by atoms with Crippen LogP contribution in [0.15, 0.2) is 23.1 Å².